The molecule has 1 aliphatic heterocycles. The highest BCUT2D eigenvalue weighted by Gasteiger charge is 2.39. The lowest BCUT2D eigenvalue weighted by atomic mass is 10.1. The third-order valence-corrected chi connectivity index (χ3v) is 4.60. The zero-order valence-electron chi connectivity index (χ0n) is 13.0. The van der Waals surface area contributed by atoms with Crippen LogP contribution in [-0.4, -0.2) is 36.1 Å². The molecule has 116 valence electrons. The van der Waals surface area contributed by atoms with Crippen LogP contribution in [0.3, 0.4) is 0 Å². The largest absolute Gasteiger partial charge is 0.469 e. The fourth-order valence-electron chi connectivity index (χ4n) is 3.13. The Balaban J connectivity index is 1.70. The lowest BCUT2D eigenvalue weighted by Gasteiger charge is -2.38. The summed E-state index contributed by atoms with van der Waals surface area (Å²) in [6.07, 6.45) is 7.90. The van der Waals surface area contributed by atoms with Gasteiger partial charge in [-0.25, -0.2) is 0 Å². The Morgan fingerprint density at radius 1 is 1.38 bits per heavy atom. The van der Waals surface area contributed by atoms with Crippen molar-refractivity contribution in [3.63, 3.8) is 0 Å². The summed E-state index contributed by atoms with van der Waals surface area (Å²) in [7, 11) is 0. The summed E-state index contributed by atoms with van der Waals surface area (Å²) in [5, 5.41) is 0. The predicted octanol–water partition coefficient (Wildman–Crippen LogP) is 3.40. The number of hydrogen-bond donors (Lipinski definition) is 0. The second-order valence-electron chi connectivity index (χ2n) is 6.38. The van der Waals surface area contributed by atoms with Gasteiger partial charge >= 0.3 is 0 Å². The summed E-state index contributed by atoms with van der Waals surface area (Å²) >= 11 is 0. The van der Waals surface area contributed by atoms with Gasteiger partial charge in [-0.3, -0.25) is 4.79 Å². The number of ether oxygens (including phenoxy) is 1. The maximum absolute atomic E-state index is 12.7. The molecule has 0 radical (unpaired) electrons. The summed E-state index contributed by atoms with van der Waals surface area (Å²) in [6, 6.07) is 1.78. The van der Waals surface area contributed by atoms with Gasteiger partial charge in [-0.2, -0.15) is 0 Å². The number of carbonyl (C=O) groups excluding carboxylic acids is 1. The summed E-state index contributed by atoms with van der Waals surface area (Å²) in [5.41, 5.74) is 0.695. The first kappa shape index (κ1) is 14.6. The Labute approximate surface area is 126 Å². The lowest BCUT2D eigenvalue weighted by molar-refractivity contribution is -0.0874. The quantitative estimate of drug-likeness (QED) is 0.835. The first-order chi connectivity index (χ1) is 10.2. The van der Waals surface area contributed by atoms with E-state index in [0.29, 0.717) is 23.8 Å². The average Bonchev–Trinajstić information content (AvgIpc) is 3.26. The van der Waals surface area contributed by atoms with E-state index in [1.807, 2.05) is 11.8 Å². The number of aryl methyl sites for hydroxylation is 1. The van der Waals surface area contributed by atoms with Crippen molar-refractivity contribution in [2.24, 2.45) is 5.92 Å². The number of carbonyl (C=O) groups is 1. The van der Waals surface area contributed by atoms with Crippen LogP contribution in [0.4, 0.5) is 0 Å². The third kappa shape index (κ3) is 3.31. The van der Waals surface area contributed by atoms with Gasteiger partial charge < -0.3 is 14.1 Å². The molecule has 0 bridgehead atoms. The molecule has 21 heavy (non-hydrogen) atoms. The van der Waals surface area contributed by atoms with Crippen molar-refractivity contribution in [1.29, 1.82) is 0 Å². The maximum atomic E-state index is 12.7. The van der Waals surface area contributed by atoms with Crippen LogP contribution in [0.1, 0.15) is 55.1 Å². The molecule has 0 spiro atoms. The Kier molecular flexibility index (Phi) is 4.34. The van der Waals surface area contributed by atoms with E-state index >= 15 is 0 Å². The van der Waals surface area contributed by atoms with Crippen LogP contribution in [-0.2, 0) is 4.74 Å². The van der Waals surface area contributed by atoms with Crippen LogP contribution >= 0.6 is 0 Å². The monoisotopic (exact) mass is 291 g/mol. The molecule has 0 N–H and O–H groups in total. The van der Waals surface area contributed by atoms with E-state index in [2.05, 4.69) is 6.92 Å². The SMILES string of the molecule is CCCC[C@@H]1CN(C(=O)c2ccoc2C)C[C@H](C2CC2)O1. The maximum Gasteiger partial charge on any atom is 0.257 e. The van der Waals surface area contributed by atoms with Crippen molar-refractivity contribution in [1.82, 2.24) is 4.90 Å². The number of nitrogens with zero attached hydrogens (tertiary/aromatic N) is 1. The zero-order valence-corrected chi connectivity index (χ0v) is 13.0. The van der Waals surface area contributed by atoms with Crippen molar-refractivity contribution in [3.05, 3.63) is 23.7 Å². The average molecular weight is 291 g/mol. The minimum absolute atomic E-state index is 0.0942. The fraction of sp³-hybridized carbons (Fsp3) is 0.706. The molecule has 2 heterocycles. The van der Waals surface area contributed by atoms with Crippen LogP contribution in [0.25, 0.3) is 0 Å². The predicted molar refractivity (Wildman–Crippen MR) is 80.3 cm³/mol. The summed E-state index contributed by atoms with van der Waals surface area (Å²) in [6.45, 7) is 5.49. The number of hydrogen-bond acceptors (Lipinski definition) is 3. The molecule has 1 aliphatic carbocycles. The van der Waals surface area contributed by atoms with Gasteiger partial charge in [0.15, 0.2) is 0 Å². The van der Waals surface area contributed by atoms with Gasteiger partial charge in [0.1, 0.15) is 5.76 Å². The molecular formula is C17H25NO3. The molecule has 1 aromatic heterocycles. The summed E-state index contributed by atoms with van der Waals surface area (Å²) in [5.74, 6) is 1.46. The second kappa shape index (κ2) is 6.22. The standard InChI is InChI=1S/C17H25NO3/c1-3-4-5-14-10-18(11-16(21-14)13-6-7-13)17(19)15-8-9-20-12(15)2/h8-9,13-14,16H,3-7,10-11H2,1-2H3/t14-,16-/m1/s1. The highest BCUT2D eigenvalue weighted by molar-refractivity contribution is 5.95. The minimum Gasteiger partial charge on any atom is -0.469 e. The molecule has 0 unspecified atom stereocenters. The van der Waals surface area contributed by atoms with E-state index in [-0.39, 0.29) is 18.1 Å². The molecule has 1 saturated carbocycles. The lowest BCUT2D eigenvalue weighted by Crippen LogP contribution is -2.50. The second-order valence-corrected chi connectivity index (χ2v) is 6.38. The Morgan fingerprint density at radius 3 is 2.81 bits per heavy atom. The van der Waals surface area contributed by atoms with Gasteiger partial charge in [-0.15, -0.1) is 0 Å². The third-order valence-electron chi connectivity index (χ3n) is 4.60. The number of furan rings is 1. The number of rotatable bonds is 5. The fourth-order valence-corrected chi connectivity index (χ4v) is 3.13. The number of morpholine rings is 1. The Hall–Kier alpha value is -1.29. The van der Waals surface area contributed by atoms with Crippen molar-refractivity contribution in [3.8, 4) is 0 Å². The van der Waals surface area contributed by atoms with Crippen molar-refractivity contribution < 1.29 is 13.9 Å². The molecule has 1 amide bonds. The molecule has 1 saturated heterocycles. The van der Waals surface area contributed by atoms with E-state index in [9.17, 15) is 4.79 Å². The van der Waals surface area contributed by atoms with Gasteiger partial charge in [0.05, 0.1) is 24.0 Å². The van der Waals surface area contributed by atoms with E-state index in [1.54, 1.807) is 12.3 Å². The molecule has 3 rings (SSSR count). The molecule has 2 fully saturated rings. The highest BCUT2D eigenvalue weighted by atomic mass is 16.5. The van der Waals surface area contributed by atoms with Crippen LogP contribution in [0.5, 0.6) is 0 Å². The first-order valence-corrected chi connectivity index (χ1v) is 8.18. The molecule has 0 aromatic carbocycles. The van der Waals surface area contributed by atoms with E-state index in [4.69, 9.17) is 9.15 Å². The number of amides is 1. The van der Waals surface area contributed by atoms with Crippen LogP contribution in [0.15, 0.2) is 16.7 Å². The van der Waals surface area contributed by atoms with Gasteiger partial charge in [0.25, 0.3) is 5.91 Å². The topological polar surface area (TPSA) is 42.7 Å². The van der Waals surface area contributed by atoms with Crippen LogP contribution in [0.2, 0.25) is 0 Å². The van der Waals surface area contributed by atoms with Gasteiger partial charge in [-0.05, 0) is 38.2 Å². The summed E-state index contributed by atoms with van der Waals surface area (Å²) in [4.78, 5) is 14.7. The molecule has 2 aliphatic rings. The Bertz CT molecular complexity index is 492. The molecular weight excluding hydrogens is 266 g/mol. The highest BCUT2D eigenvalue weighted by Crippen LogP contribution is 2.37. The molecule has 4 nitrogen and oxygen atoms in total. The van der Waals surface area contributed by atoms with Gasteiger partial charge in [-0.1, -0.05) is 19.8 Å². The normalized spacial score (nSPS) is 26.1. The van der Waals surface area contributed by atoms with E-state index in [0.717, 1.165) is 19.4 Å². The number of unbranched alkanes of at least 4 members (excludes halogenated alkanes) is 1. The van der Waals surface area contributed by atoms with Crippen molar-refractivity contribution >= 4 is 5.91 Å². The van der Waals surface area contributed by atoms with E-state index < -0.39 is 0 Å². The van der Waals surface area contributed by atoms with Crippen molar-refractivity contribution in [2.45, 2.75) is 58.2 Å². The zero-order chi connectivity index (χ0) is 14.8. The minimum atomic E-state index is 0.0942. The molecule has 1 aromatic rings. The van der Waals surface area contributed by atoms with Gasteiger partial charge in [0.2, 0.25) is 0 Å². The molecule has 2 atom stereocenters. The van der Waals surface area contributed by atoms with E-state index in [1.165, 1.54) is 19.3 Å². The van der Waals surface area contributed by atoms with Crippen molar-refractivity contribution in [2.75, 3.05) is 13.1 Å². The smallest absolute Gasteiger partial charge is 0.257 e. The van der Waals surface area contributed by atoms with Crippen LogP contribution < -0.4 is 0 Å². The Morgan fingerprint density at radius 2 is 2.19 bits per heavy atom. The first-order valence-electron chi connectivity index (χ1n) is 8.18. The van der Waals surface area contributed by atoms with Crippen LogP contribution in [0, 0.1) is 12.8 Å². The summed E-state index contributed by atoms with van der Waals surface area (Å²) < 4.78 is 11.5. The van der Waals surface area contributed by atoms with Gasteiger partial charge in [0, 0.05) is 13.1 Å². The molecule has 4 heteroatoms.